The minimum atomic E-state index is -3.96. The summed E-state index contributed by atoms with van der Waals surface area (Å²) >= 11 is 6.58. The van der Waals surface area contributed by atoms with E-state index in [1.54, 1.807) is 30.3 Å². The molecule has 2 aromatic rings. The first-order chi connectivity index (χ1) is 8.81. The van der Waals surface area contributed by atoms with E-state index >= 15 is 0 Å². The molecule has 19 heavy (non-hydrogen) atoms. The molecule has 0 fully saturated rings. The third-order valence-corrected chi connectivity index (χ3v) is 7.85. The lowest BCUT2D eigenvalue weighted by molar-refractivity contribution is 0.600. The smallest absolute Gasteiger partial charge is 0.244 e. The summed E-state index contributed by atoms with van der Waals surface area (Å²) in [5, 5.41) is 0. The van der Waals surface area contributed by atoms with Crippen LogP contribution in [0.4, 0.5) is 0 Å². The van der Waals surface area contributed by atoms with Crippen LogP contribution in [0, 0.1) is 0 Å². The van der Waals surface area contributed by atoms with Gasteiger partial charge in [0.15, 0.2) is 0 Å². The van der Waals surface area contributed by atoms with Crippen LogP contribution in [0.15, 0.2) is 55.3 Å². The second kappa shape index (κ2) is 5.24. The molecular weight excluding hydrogens is 326 g/mol. The van der Waals surface area contributed by atoms with Crippen molar-refractivity contribution in [2.24, 2.45) is 3.77 Å². The first kappa shape index (κ1) is 14.5. The summed E-state index contributed by atoms with van der Waals surface area (Å²) in [5.74, 6) is 0. The highest BCUT2D eigenvalue weighted by Crippen LogP contribution is 2.28. The molecule has 8 heteroatoms. The highest BCUT2D eigenvalue weighted by molar-refractivity contribution is 8.03. The molecule has 0 N–H and O–H groups in total. The molecule has 2 rings (SSSR count). The molecule has 0 bridgehead atoms. The second-order valence-corrected chi connectivity index (χ2v) is 9.76. The molecule has 4 nitrogen and oxygen atoms in total. The lowest BCUT2D eigenvalue weighted by atomic mass is 10.4. The lowest BCUT2D eigenvalue weighted by Crippen LogP contribution is -2.03. The highest BCUT2D eigenvalue weighted by atomic mass is 35.5. The summed E-state index contributed by atoms with van der Waals surface area (Å²) in [6, 6.07) is 11.1. The van der Waals surface area contributed by atoms with Gasteiger partial charge in [0.2, 0.25) is 0 Å². The van der Waals surface area contributed by atoms with Crippen molar-refractivity contribution in [1.29, 1.82) is 0 Å². The van der Waals surface area contributed by atoms with Crippen molar-refractivity contribution in [3.05, 3.63) is 46.8 Å². The molecule has 0 radical (unpaired) electrons. The summed E-state index contributed by atoms with van der Waals surface area (Å²) in [6.07, 6.45) is 1.30. The van der Waals surface area contributed by atoms with Gasteiger partial charge in [-0.15, -0.1) is 15.1 Å². The van der Waals surface area contributed by atoms with Gasteiger partial charge in [-0.2, -0.15) is 8.42 Å². The van der Waals surface area contributed by atoms with E-state index in [-0.39, 0.29) is 4.21 Å². The van der Waals surface area contributed by atoms with Gasteiger partial charge in [0.05, 0.1) is 14.1 Å². The van der Waals surface area contributed by atoms with Crippen LogP contribution in [0.5, 0.6) is 0 Å². The molecule has 1 aromatic carbocycles. The molecular formula is C11H10ClNO3S3. The predicted octanol–water partition coefficient (Wildman–Crippen LogP) is 3.25. The molecule has 0 amide bonds. The van der Waals surface area contributed by atoms with Crippen LogP contribution >= 0.6 is 22.9 Å². The van der Waals surface area contributed by atoms with Gasteiger partial charge < -0.3 is 0 Å². The van der Waals surface area contributed by atoms with Gasteiger partial charge in [-0.3, -0.25) is 0 Å². The Morgan fingerprint density at radius 1 is 1.05 bits per heavy atom. The molecule has 0 aliphatic heterocycles. The third-order valence-electron chi connectivity index (χ3n) is 2.22. The van der Waals surface area contributed by atoms with E-state index in [9.17, 15) is 12.6 Å². The number of halogens is 1. The van der Waals surface area contributed by atoms with E-state index in [4.69, 9.17) is 11.6 Å². The maximum atomic E-state index is 12.4. The topological polar surface area (TPSA) is 63.6 Å². The monoisotopic (exact) mass is 335 g/mol. The van der Waals surface area contributed by atoms with Crippen molar-refractivity contribution < 1.29 is 12.6 Å². The average Bonchev–Trinajstić information content (AvgIpc) is 2.77. The van der Waals surface area contributed by atoms with E-state index in [0.29, 0.717) is 9.23 Å². The molecule has 0 aliphatic rings. The van der Waals surface area contributed by atoms with Crippen molar-refractivity contribution in [2.75, 3.05) is 6.26 Å². The first-order valence-corrected chi connectivity index (χ1v) is 9.66. The fourth-order valence-corrected chi connectivity index (χ4v) is 6.29. The number of sulfonamides is 1. The standard InChI is InChI=1S/C11H10ClNO3S3/c1-18(14,9-5-3-2-4-6-9)13-19(15,16)11-8-7-10(12)17-11/h2-8H,1H3. The van der Waals surface area contributed by atoms with Crippen molar-refractivity contribution in [3.8, 4) is 0 Å². The van der Waals surface area contributed by atoms with E-state index in [1.165, 1.54) is 18.4 Å². The molecule has 0 saturated carbocycles. The first-order valence-electron chi connectivity index (χ1n) is 5.10. The van der Waals surface area contributed by atoms with Crippen LogP contribution in [0.25, 0.3) is 0 Å². The van der Waals surface area contributed by atoms with Gasteiger partial charge in [0, 0.05) is 11.2 Å². The third kappa shape index (κ3) is 3.36. The van der Waals surface area contributed by atoms with Gasteiger partial charge in [-0.1, -0.05) is 29.8 Å². The Hall–Kier alpha value is -0.890. The van der Waals surface area contributed by atoms with Crippen molar-refractivity contribution in [1.82, 2.24) is 0 Å². The predicted molar refractivity (Wildman–Crippen MR) is 77.7 cm³/mol. The fraction of sp³-hybridized carbons (Fsp3) is 0.0909. The Bertz CT molecular complexity index is 803. The lowest BCUT2D eigenvalue weighted by Gasteiger charge is -2.03. The van der Waals surface area contributed by atoms with Gasteiger partial charge in [-0.05, 0) is 24.3 Å². The van der Waals surface area contributed by atoms with Crippen LogP contribution in [-0.2, 0) is 19.8 Å². The molecule has 1 atom stereocenters. The van der Waals surface area contributed by atoms with Crippen LogP contribution in [0.1, 0.15) is 0 Å². The normalized spacial score (nSPS) is 14.8. The summed E-state index contributed by atoms with van der Waals surface area (Å²) in [7, 11) is -6.97. The molecule has 102 valence electrons. The number of benzene rings is 1. The summed E-state index contributed by atoms with van der Waals surface area (Å²) in [6.45, 7) is 0. The van der Waals surface area contributed by atoms with E-state index in [1.807, 2.05) is 0 Å². The second-order valence-electron chi connectivity index (χ2n) is 3.72. The van der Waals surface area contributed by atoms with E-state index < -0.39 is 19.8 Å². The molecule has 1 unspecified atom stereocenters. The maximum absolute atomic E-state index is 12.4. The largest absolute Gasteiger partial charge is 0.299 e. The minimum absolute atomic E-state index is 0.0111. The number of hydrogen-bond acceptors (Lipinski definition) is 4. The zero-order valence-corrected chi connectivity index (χ0v) is 13.0. The molecule has 0 spiro atoms. The average molecular weight is 336 g/mol. The zero-order valence-electron chi connectivity index (χ0n) is 9.82. The van der Waals surface area contributed by atoms with Gasteiger partial charge in [0.25, 0.3) is 10.0 Å². The Morgan fingerprint density at radius 3 is 2.21 bits per heavy atom. The zero-order chi connectivity index (χ0) is 14.1. The van der Waals surface area contributed by atoms with Gasteiger partial charge in [0.1, 0.15) is 4.21 Å². The minimum Gasteiger partial charge on any atom is -0.244 e. The number of nitrogens with zero attached hydrogens (tertiary/aromatic N) is 1. The Kier molecular flexibility index (Phi) is 4.00. The summed E-state index contributed by atoms with van der Waals surface area (Å²) in [5.41, 5.74) is 0. The van der Waals surface area contributed by atoms with Crippen molar-refractivity contribution in [2.45, 2.75) is 9.10 Å². The van der Waals surface area contributed by atoms with Gasteiger partial charge in [-0.25, -0.2) is 4.21 Å². The van der Waals surface area contributed by atoms with E-state index in [0.717, 1.165) is 11.3 Å². The number of thiophene rings is 1. The van der Waals surface area contributed by atoms with Crippen LogP contribution in [-0.4, -0.2) is 18.9 Å². The van der Waals surface area contributed by atoms with Crippen molar-refractivity contribution in [3.63, 3.8) is 0 Å². The van der Waals surface area contributed by atoms with Crippen LogP contribution in [0.3, 0.4) is 0 Å². The molecule has 0 aliphatic carbocycles. The molecule has 1 aromatic heterocycles. The number of hydrogen-bond donors (Lipinski definition) is 0. The quantitative estimate of drug-likeness (QED) is 0.864. The Balaban J connectivity index is 2.55. The summed E-state index contributed by atoms with van der Waals surface area (Å²) < 4.78 is 40.4. The fourth-order valence-electron chi connectivity index (χ4n) is 1.38. The highest BCUT2D eigenvalue weighted by Gasteiger charge is 2.19. The van der Waals surface area contributed by atoms with Crippen LogP contribution in [0.2, 0.25) is 4.34 Å². The Morgan fingerprint density at radius 2 is 1.68 bits per heavy atom. The van der Waals surface area contributed by atoms with Gasteiger partial charge >= 0.3 is 0 Å². The maximum Gasteiger partial charge on any atom is 0.299 e. The molecule has 0 saturated heterocycles. The number of rotatable bonds is 3. The van der Waals surface area contributed by atoms with Crippen LogP contribution < -0.4 is 0 Å². The van der Waals surface area contributed by atoms with Crippen molar-refractivity contribution >= 4 is 42.7 Å². The Labute approximate surface area is 121 Å². The molecule has 1 heterocycles. The summed E-state index contributed by atoms with van der Waals surface area (Å²) in [4.78, 5) is 0.376. The SMILES string of the molecule is CS(=O)(=NS(=O)(=O)c1ccc(Cl)s1)c1ccccc1. The van der Waals surface area contributed by atoms with E-state index in [2.05, 4.69) is 3.77 Å².